The monoisotopic (exact) mass is 355 g/mol. The van der Waals surface area contributed by atoms with Crippen LogP contribution in [0.4, 0.5) is 0 Å². The zero-order valence-electron chi connectivity index (χ0n) is 10.3. The average molecular weight is 353 g/mol. The van der Waals surface area contributed by atoms with Crippen molar-refractivity contribution in [1.82, 2.24) is 4.90 Å². The van der Waals surface area contributed by atoms with Gasteiger partial charge in [-0.2, -0.15) is 0 Å². The predicted molar refractivity (Wildman–Crippen MR) is 73.8 cm³/mol. The molecular formula is C15H15NOTe. The molecule has 1 aliphatic rings. The molecule has 0 fully saturated rings. The summed E-state index contributed by atoms with van der Waals surface area (Å²) in [5.74, 6) is 0. The van der Waals surface area contributed by atoms with E-state index in [1.54, 1.807) is 0 Å². The Labute approximate surface area is 114 Å². The molecule has 0 radical (unpaired) electrons. The molecule has 0 spiro atoms. The van der Waals surface area contributed by atoms with Gasteiger partial charge in [0.1, 0.15) is 0 Å². The quantitative estimate of drug-likeness (QED) is 0.663. The van der Waals surface area contributed by atoms with Crippen molar-refractivity contribution in [3.8, 4) is 0 Å². The van der Waals surface area contributed by atoms with Crippen molar-refractivity contribution in [3.05, 3.63) is 59.7 Å². The first-order valence-corrected chi connectivity index (χ1v) is 9.30. The Morgan fingerprint density at radius 2 is 1.33 bits per heavy atom. The van der Waals surface area contributed by atoms with Gasteiger partial charge in [-0.1, -0.05) is 0 Å². The van der Waals surface area contributed by atoms with E-state index in [9.17, 15) is 3.10 Å². The van der Waals surface area contributed by atoms with Crippen molar-refractivity contribution in [2.75, 3.05) is 7.05 Å². The third-order valence-electron chi connectivity index (χ3n) is 3.23. The summed E-state index contributed by atoms with van der Waals surface area (Å²) in [6, 6.07) is 16.3. The molecule has 0 N–H and O–H groups in total. The molecule has 1 heterocycles. The molecule has 2 nitrogen and oxygen atoms in total. The van der Waals surface area contributed by atoms with E-state index in [0.717, 1.165) is 20.3 Å². The third kappa shape index (κ3) is 2.14. The fourth-order valence-electron chi connectivity index (χ4n) is 2.39. The SMILES string of the molecule is CN1Cc2ccccc2[Te](=O)c2ccccc2C1. The number of hydrogen-bond acceptors (Lipinski definition) is 2. The molecule has 3 heteroatoms. The Morgan fingerprint density at radius 3 is 1.83 bits per heavy atom. The van der Waals surface area contributed by atoms with Gasteiger partial charge in [-0.05, 0) is 0 Å². The molecule has 3 rings (SSSR count). The van der Waals surface area contributed by atoms with Gasteiger partial charge in [0.25, 0.3) is 0 Å². The molecular weight excluding hydrogens is 338 g/mol. The van der Waals surface area contributed by atoms with Crippen LogP contribution < -0.4 is 7.22 Å². The van der Waals surface area contributed by atoms with E-state index < -0.39 is 19.5 Å². The van der Waals surface area contributed by atoms with Gasteiger partial charge in [-0.25, -0.2) is 0 Å². The number of benzene rings is 2. The third-order valence-corrected chi connectivity index (χ3v) is 7.78. The molecule has 0 bridgehead atoms. The van der Waals surface area contributed by atoms with E-state index >= 15 is 0 Å². The van der Waals surface area contributed by atoms with Gasteiger partial charge in [-0.3, -0.25) is 0 Å². The fourth-order valence-corrected chi connectivity index (χ4v) is 6.33. The van der Waals surface area contributed by atoms with Crippen molar-refractivity contribution < 1.29 is 3.10 Å². The van der Waals surface area contributed by atoms with Crippen molar-refractivity contribution in [1.29, 1.82) is 0 Å². The summed E-state index contributed by atoms with van der Waals surface area (Å²) in [7, 11) is 2.11. The standard InChI is InChI=1S/C15H15NOTe/c1-16-10-12-6-2-4-8-14(12)18(17)15-9-5-3-7-13(15)11-16/h2-9H,10-11H2,1H3. The van der Waals surface area contributed by atoms with Gasteiger partial charge >= 0.3 is 115 Å². The minimum atomic E-state index is -2.61. The predicted octanol–water partition coefficient (Wildman–Crippen LogP) is 1.17. The molecule has 1 aliphatic heterocycles. The van der Waals surface area contributed by atoms with E-state index in [1.807, 2.05) is 36.4 Å². The van der Waals surface area contributed by atoms with Crippen molar-refractivity contribution in [2.24, 2.45) is 0 Å². The molecule has 0 saturated carbocycles. The summed E-state index contributed by atoms with van der Waals surface area (Å²) < 4.78 is 15.0. The first-order chi connectivity index (χ1) is 8.75. The normalized spacial score (nSPS) is 16.5. The molecule has 2 aromatic rings. The van der Waals surface area contributed by atoms with E-state index in [0.29, 0.717) is 0 Å². The van der Waals surface area contributed by atoms with Crippen LogP contribution in [0.15, 0.2) is 48.5 Å². The summed E-state index contributed by atoms with van der Waals surface area (Å²) >= 11 is -2.61. The molecule has 0 aliphatic carbocycles. The van der Waals surface area contributed by atoms with E-state index in [1.165, 1.54) is 11.1 Å². The first-order valence-electron chi connectivity index (χ1n) is 6.02. The summed E-state index contributed by atoms with van der Waals surface area (Å²) in [5.41, 5.74) is 2.45. The second-order valence-electron chi connectivity index (χ2n) is 4.66. The van der Waals surface area contributed by atoms with Crippen LogP contribution >= 0.6 is 0 Å². The fraction of sp³-hybridized carbons (Fsp3) is 0.200. The number of fused-ring (bicyclic) bond motifs is 2. The van der Waals surface area contributed by atoms with Gasteiger partial charge in [-0.15, -0.1) is 0 Å². The van der Waals surface area contributed by atoms with Crippen LogP contribution in [0, 0.1) is 0 Å². The van der Waals surface area contributed by atoms with Gasteiger partial charge in [0.2, 0.25) is 0 Å². The zero-order chi connectivity index (χ0) is 12.5. The Bertz CT molecular complexity index is 557. The number of hydrogen-bond donors (Lipinski definition) is 0. The summed E-state index contributed by atoms with van der Waals surface area (Å²) in [6.45, 7) is 1.76. The summed E-state index contributed by atoms with van der Waals surface area (Å²) in [5, 5.41) is 0. The maximum atomic E-state index is 12.8. The molecule has 0 aromatic heterocycles. The van der Waals surface area contributed by atoms with Gasteiger partial charge in [0.15, 0.2) is 0 Å². The van der Waals surface area contributed by atoms with Crippen molar-refractivity contribution >= 4 is 26.8 Å². The molecule has 18 heavy (non-hydrogen) atoms. The topological polar surface area (TPSA) is 20.3 Å². The van der Waals surface area contributed by atoms with Crippen LogP contribution in [0.1, 0.15) is 11.1 Å². The molecule has 0 saturated heterocycles. The maximum absolute atomic E-state index is 12.8. The second kappa shape index (κ2) is 4.93. The average Bonchev–Trinajstić information content (AvgIpc) is 2.38. The van der Waals surface area contributed by atoms with Crippen LogP contribution in [0.25, 0.3) is 0 Å². The van der Waals surface area contributed by atoms with E-state index in [-0.39, 0.29) is 0 Å². The van der Waals surface area contributed by atoms with Crippen LogP contribution in [0.3, 0.4) is 0 Å². The molecule has 92 valence electrons. The van der Waals surface area contributed by atoms with Crippen LogP contribution in [-0.4, -0.2) is 31.5 Å². The minimum absolute atomic E-state index is 0.879. The summed E-state index contributed by atoms with van der Waals surface area (Å²) in [4.78, 5) is 2.28. The Morgan fingerprint density at radius 1 is 0.889 bits per heavy atom. The van der Waals surface area contributed by atoms with Gasteiger partial charge in [0, 0.05) is 0 Å². The van der Waals surface area contributed by atoms with Gasteiger partial charge in [0.05, 0.1) is 0 Å². The van der Waals surface area contributed by atoms with Crippen molar-refractivity contribution in [3.63, 3.8) is 0 Å². The molecule has 2 aromatic carbocycles. The second-order valence-corrected chi connectivity index (χ2v) is 8.70. The number of rotatable bonds is 0. The van der Waals surface area contributed by atoms with Crippen LogP contribution in [-0.2, 0) is 16.2 Å². The van der Waals surface area contributed by atoms with Crippen molar-refractivity contribution in [2.45, 2.75) is 13.1 Å². The van der Waals surface area contributed by atoms with E-state index in [2.05, 4.69) is 24.1 Å². The Kier molecular flexibility index (Phi) is 3.30. The molecule has 0 atom stereocenters. The van der Waals surface area contributed by atoms with Crippen LogP contribution in [0.5, 0.6) is 0 Å². The number of nitrogens with zero attached hydrogens (tertiary/aromatic N) is 1. The Balaban J connectivity index is 2.20. The van der Waals surface area contributed by atoms with E-state index in [4.69, 9.17) is 0 Å². The Hall–Kier alpha value is -1.01. The molecule has 0 unspecified atom stereocenters. The van der Waals surface area contributed by atoms with Crippen LogP contribution in [0.2, 0.25) is 0 Å². The van der Waals surface area contributed by atoms with Gasteiger partial charge < -0.3 is 0 Å². The first kappa shape index (κ1) is 12.0. The zero-order valence-corrected chi connectivity index (χ0v) is 12.6. The molecule has 0 amide bonds. The summed E-state index contributed by atoms with van der Waals surface area (Å²) in [6.07, 6.45) is 0.